The van der Waals surface area contributed by atoms with Gasteiger partial charge in [-0.1, -0.05) is 19.1 Å². The molecular weight excluding hydrogens is 240 g/mol. The lowest BCUT2D eigenvalue weighted by atomic mass is 10.1. The first-order chi connectivity index (χ1) is 9.20. The predicted octanol–water partition coefficient (Wildman–Crippen LogP) is 2.29. The molecule has 0 fully saturated rings. The fraction of sp³-hybridized carbons (Fsp3) is 0.429. The minimum Gasteiger partial charge on any atom is -0.486 e. The highest BCUT2D eigenvalue weighted by Crippen LogP contribution is 2.18. The number of nitrogens with zero attached hydrogens (tertiary/aromatic N) is 3. The van der Waals surface area contributed by atoms with E-state index >= 15 is 0 Å². The van der Waals surface area contributed by atoms with Gasteiger partial charge in [0, 0.05) is 12.6 Å². The van der Waals surface area contributed by atoms with Crippen molar-refractivity contribution in [2.75, 3.05) is 0 Å². The summed E-state index contributed by atoms with van der Waals surface area (Å²) in [6, 6.07) is 7.84. The van der Waals surface area contributed by atoms with Crippen LogP contribution in [0, 0.1) is 0 Å². The Morgan fingerprint density at radius 3 is 3.00 bits per heavy atom. The Bertz CT molecular complexity index is 522. The number of aromatic nitrogens is 3. The van der Waals surface area contributed by atoms with E-state index in [0.717, 1.165) is 30.1 Å². The molecule has 2 aromatic rings. The van der Waals surface area contributed by atoms with E-state index in [0.29, 0.717) is 6.61 Å². The summed E-state index contributed by atoms with van der Waals surface area (Å²) in [5.41, 5.74) is 6.92. The van der Waals surface area contributed by atoms with Crippen molar-refractivity contribution in [3.05, 3.63) is 42.0 Å². The Kier molecular flexibility index (Phi) is 4.52. The molecule has 0 aliphatic rings. The molecule has 0 unspecified atom stereocenters. The first-order valence-electron chi connectivity index (χ1n) is 6.55. The molecule has 1 aromatic heterocycles. The summed E-state index contributed by atoms with van der Waals surface area (Å²) in [7, 11) is 0. The Morgan fingerprint density at radius 2 is 2.26 bits per heavy atom. The van der Waals surface area contributed by atoms with Gasteiger partial charge in [-0.15, -0.1) is 0 Å². The van der Waals surface area contributed by atoms with Crippen LogP contribution in [-0.4, -0.2) is 14.8 Å². The Hall–Kier alpha value is -1.88. The Balaban J connectivity index is 2.02. The van der Waals surface area contributed by atoms with Gasteiger partial charge < -0.3 is 10.5 Å². The van der Waals surface area contributed by atoms with Crippen molar-refractivity contribution in [2.45, 2.75) is 39.5 Å². The van der Waals surface area contributed by atoms with Crippen LogP contribution >= 0.6 is 0 Å². The molecule has 0 saturated carbocycles. The van der Waals surface area contributed by atoms with Crippen LogP contribution in [0.4, 0.5) is 0 Å². The fourth-order valence-corrected chi connectivity index (χ4v) is 1.83. The van der Waals surface area contributed by atoms with Gasteiger partial charge >= 0.3 is 0 Å². The van der Waals surface area contributed by atoms with Crippen LogP contribution in [0.15, 0.2) is 30.6 Å². The van der Waals surface area contributed by atoms with Crippen molar-refractivity contribution >= 4 is 0 Å². The zero-order valence-corrected chi connectivity index (χ0v) is 11.4. The molecule has 0 saturated heterocycles. The van der Waals surface area contributed by atoms with Crippen molar-refractivity contribution in [1.29, 1.82) is 0 Å². The van der Waals surface area contributed by atoms with Crippen LogP contribution in [0.3, 0.4) is 0 Å². The van der Waals surface area contributed by atoms with Crippen molar-refractivity contribution in [3.8, 4) is 5.75 Å². The number of aryl methyl sites for hydroxylation is 1. The molecule has 102 valence electrons. The van der Waals surface area contributed by atoms with Gasteiger partial charge in [0.1, 0.15) is 18.7 Å². The third kappa shape index (κ3) is 3.54. The van der Waals surface area contributed by atoms with E-state index < -0.39 is 0 Å². The Morgan fingerprint density at radius 1 is 1.42 bits per heavy atom. The number of benzene rings is 1. The maximum atomic E-state index is 5.85. The molecule has 5 heteroatoms. The summed E-state index contributed by atoms with van der Waals surface area (Å²) in [6.07, 6.45) is 2.59. The number of rotatable bonds is 6. The minimum absolute atomic E-state index is 0.00675. The minimum atomic E-state index is 0.00675. The smallest absolute Gasteiger partial charge is 0.164 e. The van der Waals surface area contributed by atoms with E-state index in [1.807, 2.05) is 35.9 Å². The molecule has 1 heterocycles. The zero-order valence-electron chi connectivity index (χ0n) is 11.4. The van der Waals surface area contributed by atoms with Gasteiger partial charge in [0.2, 0.25) is 0 Å². The second-order valence-electron chi connectivity index (χ2n) is 4.55. The van der Waals surface area contributed by atoms with Crippen molar-refractivity contribution in [3.63, 3.8) is 0 Å². The maximum Gasteiger partial charge on any atom is 0.164 e. The summed E-state index contributed by atoms with van der Waals surface area (Å²) in [5, 5.41) is 4.17. The fourth-order valence-electron chi connectivity index (χ4n) is 1.83. The lowest BCUT2D eigenvalue weighted by Crippen LogP contribution is -2.09. The van der Waals surface area contributed by atoms with E-state index in [1.165, 1.54) is 0 Å². The largest absolute Gasteiger partial charge is 0.486 e. The van der Waals surface area contributed by atoms with Crippen molar-refractivity contribution in [2.24, 2.45) is 5.73 Å². The van der Waals surface area contributed by atoms with Crippen LogP contribution in [0.1, 0.15) is 37.7 Å². The molecule has 1 aromatic carbocycles. The molecule has 2 rings (SSSR count). The molecular formula is C14H20N4O. The molecule has 0 radical (unpaired) electrons. The van der Waals surface area contributed by atoms with Crippen LogP contribution in [0.5, 0.6) is 5.75 Å². The molecule has 0 aliphatic carbocycles. The predicted molar refractivity (Wildman–Crippen MR) is 73.7 cm³/mol. The monoisotopic (exact) mass is 260 g/mol. The average Bonchev–Trinajstić information content (AvgIpc) is 2.85. The SMILES string of the molecule is CCCn1ncnc1COc1cccc([C@H](C)N)c1. The second kappa shape index (κ2) is 6.33. The summed E-state index contributed by atoms with van der Waals surface area (Å²) >= 11 is 0. The number of hydrogen-bond donors (Lipinski definition) is 1. The Labute approximate surface area is 113 Å². The highest BCUT2D eigenvalue weighted by atomic mass is 16.5. The number of ether oxygens (including phenoxy) is 1. The molecule has 0 amide bonds. The highest BCUT2D eigenvalue weighted by molar-refractivity contribution is 5.30. The van der Waals surface area contributed by atoms with Gasteiger partial charge in [0.15, 0.2) is 5.82 Å². The van der Waals surface area contributed by atoms with Crippen LogP contribution < -0.4 is 10.5 Å². The molecule has 19 heavy (non-hydrogen) atoms. The topological polar surface area (TPSA) is 66.0 Å². The lowest BCUT2D eigenvalue weighted by molar-refractivity contribution is 0.286. The molecule has 0 aliphatic heterocycles. The van der Waals surface area contributed by atoms with Gasteiger partial charge in [-0.25, -0.2) is 9.67 Å². The van der Waals surface area contributed by atoms with Gasteiger partial charge in [0.25, 0.3) is 0 Å². The van der Waals surface area contributed by atoms with E-state index in [-0.39, 0.29) is 6.04 Å². The quantitative estimate of drug-likeness (QED) is 0.865. The standard InChI is InChI=1S/C14H20N4O/c1-3-7-18-14(16-10-17-18)9-19-13-6-4-5-12(8-13)11(2)15/h4-6,8,10-11H,3,7,9,15H2,1-2H3/t11-/m0/s1. The number of nitrogens with two attached hydrogens (primary N) is 1. The van der Waals surface area contributed by atoms with Crippen LogP contribution in [0.2, 0.25) is 0 Å². The van der Waals surface area contributed by atoms with Gasteiger partial charge in [-0.05, 0) is 31.0 Å². The molecule has 5 nitrogen and oxygen atoms in total. The average molecular weight is 260 g/mol. The molecule has 2 N–H and O–H groups in total. The van der Waals surface area contributed by atoms with E-state index in [2.05, 4.69) is 17.0 Å². The van der Waals surface area contributed by atoms with Crippen molar-refractivity contribution in [1.82, 2.24) is 14.8 Å². The third-order valence-corrected chi connectivity index (χ3v) is 2.88. The lowest BCUT2D eigenvalue weighted by Gasteiger charge is -2.10. The molecule has 0 spiro atoms. The highest BCUT2D eigenvalue weighted by Gasteiger charge is 2.05. The third-order valence-electron chi connectivity index (χ3n) is 2.88. The van der Waals surface area contributed by atoms with Crippen LogP contribution in [0.25, 0.3) is 0 Å². The summed E-state index contributed by atoms with van der Waals surface area (Å²) < 4.78 is 7.62. The number of hydrogen-bond acceptors (Lipinski definition) is 4. The van der Waals surface area contributed by atoms with E-state index in [4.69, 9.17) is 10.5 Å². The normalized spacial score (nSPS) is 12.4. The van der Waals surface area contributed by atoms with Crippen LogP contribution in [-0.2, 0) is 13.2 Å². The first kappa shape index (κ1) is 13.5. The van der Waals surface area contributed by atoms with E-state index in [1.54, 1.807) is 6.33 Å². The summed E-state index contributed by atoms with van der Waals surface area (Å²) in [4.78, 5) is 4.21. The van der Waals surface area contributed by atoms with Gasteiger partial charge in [0.05, 0.1) is 0 Å². The van der Waals surface area contributed by atoms with Gasteiger partial charge in [-0.3, -0.25) is 0 Å². The zero-order chi connectivity index (χ0) is 13.7. The van der Waals surface area contributed by atoms with Crippen molar-refractivity contribution < 1.29 is 4.74 Å². The maximum absolute atomic E-state index is 5.85. The van der Waals surface area contributed by atoms with Gasteiger partial charge in [-0.2, -0.15) is 5.10 Å². The first-order valence-corrected chi connectivity index (χ1v) is 6.55. The summed E-state index contributed by atoms with van der Waals surface area (Å²) in [6.45, 7) is 5.34. The second-order valence-corrected chi connectivity index (χ2v) is 4.55. The molecule has 0 bridgehead atoms. The summed E-state index contributed by atoms with van der Waals surface area (Å²) in [5.74, 6) is 1.65. The van der Waals surface area contributed by atoms with E-state index in [9.17, 15) is 0 Å². The molecule has 1 atom stereocenters.